The van der Waals surface area contributed by atoms with Crippen molar-refractivity contribution in [3.05, 3.63) is 35.4 Å². The molecule has 8 heteroatoms. The SMILES string of the molecule is CCC(c1ccc(F)cc1F)N1CCN(C(=NC)NCC2CCN(CC)C2)CC1.I. The minimum atomic E-state index is -0.523. The summed E-state index contributed by atoms with van der Waals surface area (Å²) in [6.07, 6.45) is 2.04. The molecule has 30 heavy (non-hydrogen) atoms. The van der Waals surface area contributed by atoms with E-state index >= 15 is 0 Å². The molecule has 5 nitrogen and oxygen atoms in total. The highest BCUT2D eigenvalue weighted by Crippen LogP contribution is 2.28. The van der Waals surface area contributed by atoms with E-state index in [4.69, 9.17) is 0 Å². The summed E-state index contributed by atoms with van der Waals surface area (Å²) in [6.45, 7) is 12.1. The number of likely N-dealkylation sites (tertiary alicyclic amines) is 1. The first-order valence-electron chi connectivity index (χ1n) is 10.9. The lowest BCUT2D eigenvalue weighted by molar-refractivity contribution is 0.124. The molecule has 2 unspecified atom stereocenters. The van der Waals surface area contributed by atoms with Crippen LogP contribution in [0.5, 0.6) is 0 Å². The molecular formula is C22H36F2IN5. The maximum atomic E-state index is 14.3. The Bertz CT molecular complexity index is 694. The lowest BCUT2D eigenvalue weighted by Gasteiger charge is -2.40. The molecule has 170 valence electrons. The van der Waals surface area contributed by atoms with E-state index in [1.165, 1.54) is 19.0 Å². The first kappa shape index (κ1) is 25.3. The van der Waals surface area contributed by atoms with E-state index < -0.39 is 11.6 Å². The Kier molecular flexibility index (Phi) is 10.2. The van der Waals surface area contributed by atoms with Gasteiger partial charge in [0.25, 0.3) is 0 Å². The molecule has 2 aliphatic heterocycles. The molecule has 0 bridgehead atoms. The molecule has 1 N–H and O–H groups in total. The van der Waals surface area contributed by atoms with Crippen molar-refractivity contribution >= 4 is 29.9 Å². The number of nitrogens with zero attached hydrogens (tertiary/aromatic N) is 4. The number of guanidine groups is 1. The first-order valence-corrected chi connectivity index (χ1v) is 10.9. The first-order chi connectivity index (χ1) is 14.0. The molecule has 0 radical (unpaired) electrons. The largest absolute Gasteiger partial charge is 0.356 e. The topological polar surface area (TPSA) is 34.1 Å². The zero-order valence-corrected chi connectivity index (χ0v) is 20.7. The Labute approximate surface area is 196 Å². The number of halogens is 3. The lowest BCUT2D eigenvalue weighted by Crippen LogP contribution is -2.53. The normalized spacial score (nSPS) is 22.1. The van der Waals surface area contributed by atoms with Gasteiger partial charge in [-0.25, -0.2) is 8.78 Å². The molecule has 2 atom stereocenters. The Balaban J connectivity index is 0.00000320. The van der Waals surface area contributed by atoms with E-state index in [-0.39, 0.29) is 30.0 Å². The fourth-order valence-corrected chi connectivity index (χ4v) is 4.63. The molecule has 2 heterocycles. The van der Waals surface area contributed by atoms with Crippen LogP contribution in [0.25, 0.3) is 0 Å². The number of nitrogens with one attached hydrogen (secondary N) is 1. The van der Waals surface area contributed by atoms with Gasteiger partial charge in [0.15, 0.2) is 5.96 Å². The van der Waals surface area contributed by atoms with Crippen LogP contribution >= 0.6 is 24.0 Å². The minimum absolute atomic E-state index is 0. The van der Waals surface area contributed by atoms with Crippen molar-refractivity contribution in [2.45, 2.75) is 32.7 Å². The monoisotopic (exact) mass is 535 g/mol. The second-order valence-electron chi connectivity index (χ2n) is 8.09. The zero-order chi connectivity index (χ0) is 20.8. The molecule has 0 aromatic heterocycles. The highest BCUT2D eigenvalue weighted by atomic mass is 127. The lowest BCUT2D eigenvalue weighted by atomic mass is 10.0. The van der Waals surface area contributed by atoms with Crippen molar-refractivity contribution in [2.75, 3.05) is 59.4 Å². The smallest absolute Gasteiger partial charge is 0.193 e. The Morgan fingerprint density at radius 3 is 2.47 bits per heavy atom. The molecular weight excluding hydrogens is 499 g/mol. The average molecular weight is 535 g/mol. The van der Waals surface area contributed by atoms with Gasteiger partial charge in [-0.15, -0.1) is 24.0 Å². The van der Waals surface area contributed by atoms with E-state index in [1.54, 1.807) is 6.07 Å². The molecule has 2 aliphatic rings. The van der Waals surface area contributed by atoms with Crippen LogP contribution < -0.4 is 5.32 Å². The summed E-state index contributed by atoms with van der Waals surface area (Å²) in [4.78, 5) is 11.6. The summed E-state index contributed by atoms with van der Waals surface area (Å²) in [5.41, 5.74) is 0.589. The van der Waals surface area contributed by atoms with E-state index in [1.807, 2.05) is 7.05 Å². The van der Waals surface area contributed by atoms with Gasteiger partial charge in [-0.05, 0) is 37.9 Å². The summed E-state index contributed by atoms with van der Waals surface area (Å²) in [7, 11) is 1.84. The molecule has 1 aromatic carbocycles. The van der Waals surface area contributed by atoms with Crippen molar-refractivity contribution in [3.63, 3.8) is 0 Å². The quantitative estimate of drug-likeness (QED) is 0.343. The Morgan fingerprint density at radius 2 is 1.90 bits per heavy atom. The molecule has 1 aromatic rings. The third-order valence-corrected chi connectivity index (χ3v) is 6.34. The summed E-state index contributed by atoms with van der Waals surface area (Å²) < 4.78 is 27.6. The van der Waals surface area contributed by atoms with Crippen LogP contribution in [0.4, 0.5) is 8.78 Å². The van der Waals surface area contributed by atoms with Gasteiger partial charge in [0.2, 0.25) is 0 Å². The summed E-state index contributed by atoms with van der Waals surface area (Å²) in [5.74, 6) is 0.666. The van der Waals surface area contributed by atoms with Crippen molar-refractivity contribution in [2.24, 2.45) is 10.9 Å². The number of rotatable bonds is 6. The van der Waals surface area contributed by atoms with E-state index in [2.05, 4.69) is 38.9 Å². The molecule has 0 spiro atoms. The molecule has 0 saturated carbocycles. The average Bonchev–Trinajstić information content (AvgIpc) is 3.19. The maximum Gasteiger partial charge on any atom is 0.193 e. The predicted molar refractivity (Wildman–Crippen MR) is 130 cm³/mol. The van der Waals surface area contributed by atoms with Crippen LogP contribution in [0.2, 0.25) is 0 Å². The Morgan fingerprint density at radius 1 is 1.17 bits per heavy atom. The Hall–Kier alpha value is -1.00. The number of piperazine rings is 1. The molecule has 0 aliphatic carbocycles. The highest BCUT2D eigenvalue weighted by Gasteiger charge is 2.28. The van der Waals surface area contributed by atoms with Crippen molar-refractivity contribution in [1.29, 1.82) is 0 Å². The zero-order valence-electron chi connectivity index (χ0n) is 18.4. The highest BCUT2D eigenvalue weighted by molar-refractivity contribution is 14.0. The van der Waals surface area contributed by atoms with Gasteiger partial charge in [-0.1, -0.05) is 19.9 Å². The van der Waals surface area contributed by atoms with Crippen LogP contribution in [0.15, 0.2) is 23.2 Å². The van der Waals surface area contributed by atoms with Gasteiger partial charge in [0.05, 0.1) is 0 Å². The maximum absolute atomic E-state index is 14.3. The van der Waals surface area contributed by atoms with Gasteiger partial charge in [0, 0.05) is 64.0 Å². The fraction of sp³-hybridized carbons (Fsp3) is 0.682. The van der Waals surface area contributed by atoms with Gasteiger partial charge in [0.1, 0.15) is 11.6 Å². The van der Waals surface area contributed by atoms with Gasteiger partial charge >= 0.3 is 0 Å². The van der Waals surface area contributed by atoms with Crippen LogP contribution in [0.1, 0.15) is 38.3 Å². The minimum Gasteiger partial charge on any atom is -0.356 e. The third kappa shape index (κ3) is 6.26. The summed E-state index contributed by atoms with van der Waals surface area (Å²) in [5, 5.41) is 3.56. The van der Waals surface area contributed by atoms with Gasteiger partial charge < -0.3 is 15.1 Å². The standard InChI is InChI=1S/C22H35F2N5.HI/c1-4-21(19-7-6-18(23)14-20(19)24)28-10-12-29(13-11-28)22(25-3)26-15-17-8-9-27(5-2)16-17;/h6-7,14,17,21H,4-5,8-13,15-16H2,1-3H3,(H,25,26);1H. The van der Waals surface area contributed by atoms with E-state index in [0.717, 1.165) is 64.3 Å². The number of aliphatic imine (C=N–C) groups is 1. The van der Waals surface area contributed by atoms with Crippen LogP contribution in [0, 0.1) is 17.6 Å². The second-order valence-corrected chi connectivity index (χ2v) is 8.09. The third-order valence-electron chi connectivity index (χ3n) is 6.34. The van der Waals surface area contributed by atoms with Crippen LogP contribution in [0.3, 0.4) is 0 Å². The molecule has 2 fully saturated rings. The van der Waals surface area contributed by atoms with Gasteiger partial charge in [-0.2, -0.15) is 0 Å². The number of benzene rings is 1. The molecule has 2 saturated heterocycles. The van der Waals surface area contributed by atoms with E-state index in [0.29, 0.717) is 11.5 Å². The van der Waals surface area contributed by atoms with Gasteiger partial charge in [-0.3, -0.25) is 9.89 Å². The summed E-state index contributed by atoms with van der Waals surface area (Å²) >= 11 is 0. The fourth-order valence-electron chi connectivity index (χ4n) is 4.63. The number of hydrogen-bond donors (Lipinski definition) is 1. The van der Waals surface area contributed by atoms with Crippen molar-refractivity contribution < 1.29 is 8.78 Å². The number of hydrogen-bond acceptors (Lipinski definition) is 3. The van der Waals surface area contributed by atoms with Crippen LogP contribution in [-0.4, -0.2) is 80.1 Å². The van der Waals surface area contributed by atoms with E-state index in [9.17, 15) is 8.78 Å². The molecule has 0 amide bonds. The van der Waals surface area contributed by atoms with Crippen molar-refractivity contribution in [1.82, 2.24) is 20.0 Å². The second kappa shape index (κ2) is 12.1. The van der Waals surface area contributed by atoms with Crippen molar-refractivity contribution in [3.8, 4) is 0 Å². The predicted octanol–water partition coefficient (Wildman–Crippen LogP) is 3.57. The molecule has 3 rings (SSSR count). The summed E-state index contributed by atoms with van der Waals surface area (Å²) in [6, 6.07) is 3.91. The van der Waals surface area contributed by atoms with Crippen LogP contribution in [-0.2, 0) is 0 Å².